The lowest BCUT2D eigenvalue weighted by atomic mass is 10.0. The second-order valence-electron chi connectivity index (χ2n) is 5.21. The van der Waals surface area contributed by atoms with Gasteiger partial charge < -0.3 is 4.84 Å². The Bertz CT molecular complexity index is 174. The molecule has 0 saturated carbocycles. The van der Waals surface area contributed by atoms with Gasteiger partial charge in [0.25, 0.3) is 0 Å². The number of rotatable bonds is 14. The Balaban J connectivity index is 3.47. The van der Waals surface area contributed by atoms with E-state index in [0.717, 1.165) is 25.7 Å². The van der Waals surface area contributed by atoms with Gasteiger partial charge in [-0.2, -0.15) is 0 Å². The molecular formula is C15H31NO2. The summed E-state index contributed by atoms with van der Waals surface area (Å²) in [5.74, 6) is 0. The smallest absolute Gasteiger partial charge is 0.155 e. The molecule has 0 radical (unpaired) electrons. The van der Waals surface area contributed by atoms with Crippen LogP contribution in [0.25, 0.3) is 0 Å². The molecule has 3 heteroatoms. The van der Waals surface area contributed by atoms with Gasteiger partial charge in [0.15, 0.2) is 5.34 Å². The average Bonchev–Trinajstić information content (AvgIpc) is 2.38. The number of nitrogens with zero attached hydrogens (tertiary/aromatic N) is 1. The highest BCUT2D eigenvalue weighted by Gasteiger charge is 2.09. The molecular weight excluding hydrogens is 226 g/mol. The van der Waals surface area contributed by atoms with Gasteiger partial charge in [0.2, 0.25) is 0 Å². The molecule has 0 heterocycles. The van der Waals surface area contributed by atoms with Crippen LogP contribution in [0.15, 0.2) is 5.34 Å². The third-order valence-corrected chi connectivity index (χ3v) is 3.45. The largest absolute Gasteiger partial charge is 0.361 e. The molecule has 18 heavy (non-hydrogen) atoms. The Morgan fingerprint density at radius 3 is 1.72 bits per heavy atom. The fourth-order valence-electron chi connectivity index (χ4n) is 2.26. The second-order valence-corrected chi connectivity index (χ2v) is 5.21. The first-order valence-electron chi connectivity index (χ1n) is 7.83. The Labute approximate surface area is 113 Å². The van der Waals surface area contributed by atoms with Crippen LogP contribution in [0, 0.1) is 4.91 Å². The molecule has 0 amide bonds. The molecule has 0 rings (SSSR count). The van der Waals surface area contributed by atoms with Crippen molar-refractivity contribution in [2.24, 2.45) is 5.34 Å². The second kappa shape index (κ2) is 14.5. The Kier molecular flexibility index (Phi) is 14.0. The summed E-state index contributed by atoms with van der Waals surface area (Å²) in [6.45, 7) is 4.44. The van der Waals surface area contributed by atoms with Gasteiger partial charge >= 0.3 is 0 Å². The van der Waals surface area contributed by atoms with E-state index in [-0.39, 0.29) is 6.10 Å². The zero-order valence-electron chi connectivity index (χ0n) is 12.3. The summed E-state index contributed by atoms with van der Waals surface area (Å²) in [4.78, 5) is 15.1. The molecule has 0 aliphatic rings. The molecule has 0 aromatic heterocycles. The summed E-state index contributed by atoms with van der Waals surface area (Å²) in [7, 11) is 0. The molecule has 0 spiro atoms. The van der Waals surface area contributed by atoms with Crippen molar-refractivity contribution >= 4 is 0 Å². The molecule has 0 aromatic rings. The zero-order chi connectivity index (χ0) is 13.5. The van der Waals surface area contributed by atoms with Gasteiger partial charge in [-0.15, -0.1) is 4.91 Å². The average molecular weight is 257 g/mol. The molecule has 0 aliphatic carbocycles. The quantitative estimate of drug-likeness (QED) is 0.225. The molecule has 0 N–H and O–H groups in total. The van der Waals surface area contributed by atoms with Crippen molar-refractivity contribution in [3.8, 4) is 0 Å². The fourth-order valence-corrected chi connectivity index (χ4v) is 2.26. The molecule has 1 unspecified atom stereocenters. The lowest BCUT2D eigenvalue weighted by Crippen LogP contribution is -2.09. The predicted molar refractivity (Wildman–Crippen MR) is 77.4 cm³/mol. The summed E-state index contributed by atoms with van der Waals surface area (Å²) >= 11 is 0. The van der Waals surface area contributed by atoms with Crippen LogP contribution in [-0.4, -0.2) is 6.10 Å². The van der Waals surface area contributed by atoms with Crippen LogP contribution in [0.3, 0.4) is 0 Å². The normalized spacial score (nSPS) is 12.3. The molecule has 0 bridgehead atoms. The maximum absolute atomic E-state index is 10.2. The lowest BCUT2D eigenvalue weighted by molar-refractivity contribution is 0.0396. The van der Waals surface area contributed by atoms with E-state index in [1.54, 1.807) is 0 Å². The fraction of sp³-hybridized carbons (Fsp3) is 1.00. The first kappa shape index (κ1) is 17.4. The van der Waals surface area contributed by atoms with Crippen molar-refractivity contribution in [1.29, 1.82) is 0 Å². The molecule has 108 valence electrons. The summed E-state index contributed by atoms with van der Waals surface area (Å²) in [5.41, 5.74) is 0. The highest BCUT2D eigenvalue weighted by molar-refractivity contribution is 4.59. The van der Waals surface area contributed by atoms with E-state index >= 15 is 0 Å². The van der Waals surface area contributed by atoms with Crippen LogP contribution < -0.4 is 0 Å². The molecule has 1 atom stereocenters. The summed E-state index contributed by atoms with van der Waals surface area (Å²) in [6, 6.07) is 0. The third kappa shape index (κ3) is 11.9. The van der Waals surface area contributed by atoms with Gasteiger partial charge in [-0.3, -0.25) is 0 Å². The van der Waals surface area contributed by atoms with Crippen LogP contribution in [-0.2, 0) is 4.84 Å². The van der Waals surface area contributed by atoms with E-state index < -0.39 is 0 Å². The lowest BCUT2D eigenvalue weighted by Gasteiger charge is -2.12. The molecule has 3 nitrogen and oxygen atoms in total. The van der Waals surface area contributed by atoms with Crippen LogP contribution in [0.4, 0.5) is 0 Å². The first-order chi connectivity index (χ1) is 8.85. The van der Waals surface area contributed by atoms with Gasteiger partial charge in [0.05, 0.1) is 0 Å². The van der Waals surface area contributed by atoms with Crippen LogP contribution in [0.5, 0.6) is 0 Å². The Hall–Kier alpha value is -0.600. The summed E-state index contributed by atoms with van der Waals surface area (Å²) < 4.78 is 0. The molecule has 0 fully saturated rings. The minimum atomic E-state index is 0.0607. The maximum atomic E-state index is 10.2. The highest BCUT2D eigenvalue weighted by Crippen LogP contribution is 2.16. The van der Waals surface area contributed by atoms with Crippen molar-refractivity contribution in [3.05, 3.63) is 4.91 Å². The van der Waals surface area contributed by atoms with Gasteiger partial charge in [0, 0.05) is 0 Å². The van der Waals surface area contributed by atoms with Crippen molar-refractivity contribution in [2.45, 2.75) is 97.0 Å². The van der Waals surface area contributed by atoms with Gasteiger partial charge in [-0.1, -0.05) is 65.2 Å². The van der Waals surface area contributed by atoms with Crippen molar-refractivity contribution in [3.63, 3.8) is 0 Å². The number of unbranched alkanes of at least 4 members (excludes halogenated alkanes) is 8. The van der Waals surface area contributed by atoms with Crippen LogP contribution >= 0.6 is 0 Å². The standard InChI is InChI=1S/C15H31NO2/c1-3-5-7-9-10-12-14-15(18-16-17)13-11-8-6-4-2/h15H,3-14H2,1-2H3. The van der Waals surface area contributed by atoms with E-state index in [1.165, 1.54) is 51.4 Å². The van der Waals surface area contributed by atoms with E-state index in [9.17, 15) is 4.91 Å². The third-order valence-electron chi connectivity index (χ3n) is 3.45. The van der Waals surface area contributed by atoms with Crippen LogP contribution in [0.2, 0.25) is 0 Å². The molecule has 0 saturated heterocycles. The van der Waals surface area contributed by atoms with Crippen LogP contribution in [0.1, 0.15) is 90.9 Å². The zero-order valence-corrected chi connectivity index (χ0v) is 12.3. The minimum Gasteiger partial charge on any atom is -0.361 e. The highest BCUT2D eigenvalue weighted by atomic mass is 16.7. The monoisotopic (exact) mass is 257 g/mol. The summed E-state index contributed by atoms with van der Waals surface area (Å²) in [5, 5.41) is 2.61. The Morgan fingerprint density at radius 2 is 1.22 bits per heavy atom. The maximum Gasteiger partial charge on any atom is 0.155 e. The molecule has 0 aliphatic heterocycles. The van der Waals surface area contributed by atoms with E-state index in [1.807, 2.05) is 0 Å². The van der Waals surface area contributed by atoms with Crippen molar-refractivity contribution < 1.29 is 4.84 Å². The van der Waals surface area contributed by atoms with E-state index in [0.29, 0.717) is 0 Å². The first-order valence-corrected chi connectivity index (χ1v) is 7.83. The topological polar surface area (TPSA) is 38.7 Å². The predicted octanol–water partition coefficient (Wildman–Crippen LogP) is 5.77. The van der Waals surface area contributed by atoms with Crippen molar-refractivity contribution in [2.75, 3.05) is 0 Å². The number of hydrogen-bond donors (Lipinski definition) is 0. The Morgan fingerprint density at radius 1 is 0.778 bits per heavy atom. The number of hydrogen-bond acceptors (Lipinski definition) is 3. The van der Waals surface area contributed by atoms with Gasteiger partial charge in [-0.05, 0) is 25.7 Å². The molecule has 0 aromatic carbocycles. The van der Waals surface area contributed by atoms with Crippen molar-refractivity contribution in [1.82, 2.24) is 0 Å². The minimum absolute atomic E-state index is 0.0607. The van der Waals surface area contributed by atoms with E-state index in [4.69, 9.17) is 4.84 Å². The van der Waals surface area contributed by atoms with E-state index in [2.05, 4.69) is 19.2 Å². The van der Waals surface area contributed by atoms with Gasteiger partial charge in [-0.25, -0.2) is 0 Å². The summed E-state index contributed by atoms with van der Waals surface area (Å²) in [6.07, 6.45) is 14.7. The van der Waals surface area contributed by atoms with Gasteiger partial charge in [0.1, 0.15) is 6.10 Å². The SMILES string of the molecule is CCCCCCCCC(CCCCCC)ON=O.